The van der Waals surface area contributed by atoms with Gasteiger partial charge in [-0.2, -0.15) is 13.2 Å². The van der Waals surface area contributed by atoms with Gasteiger partial charge in [-0.3, -0.25) is 4.98 Å². The molecule has 0 aliphatic heterocycles. The van der Waals surface area contributed by atoms with Gasteiger partial charge in [-0.15, -0.1) is 0 Å². The van der Waals surface area contributed by atoms with E-state index in [1.807, 2.05) is 13.8 Å². The highest BCUT2D eigenvalue weighted by molar-refractivity contribution is 7.77. The number of pyridine rings is 1. The molecule has 2 rings (SSSR count). The van der Waals surface area contributed by atoms with Gasteiger partial charge >= 0.3 is 6.18 Å². The average Bonchev–Trinajstić information content (AvgIpc) is 2.52. The highest BCUT2D eigenvalue weighted by Crippen LogP contribution is 2.37. The van der Waals surface area contributed by atoms with Crippen LogP contribution in [0.1, 0.15) is 25.5 Å². The Bertz CT molecular complexity index is 620. The molecule has 1 aromatic carbocycles. The first-order valence-corrected chi connectivity index (χ1v) is 7.52. The largest absolute Gasteiger partial charge is 0.408 e. The van der Waals surface area contributed by atoms with Crippen LogP contribution in [0.5, 0.6) is 0 Å². The third kappa shape index (κ3) is 8.26. The standard InChI is InChI=1S/C9H8F5NS.C5H4FN.C2H6/c1-15(16)8(9(12,13)14)5-2-3-6(10)7(11)4-5;6-5-2-1-3-7-4-5;1-2/h2-4,8,16H,1H3;1-4H;1-2H3. The molecule has 140 valence electrons. The van der Waals surface area contributed by atoms with Crippen LogP contribution in [0.25, 0.3) is 0 Å². The summed E-state index contributed by atoms with van der Waals surface area (Å²) >= 11 is 3.56. The second-order valence-electron chi connectivity index (χ2n) is 4.36. The fourth-order valence-corrected chi connectivity index (χ4v) is 1.91. The van der Waals surface area contributed by atoms with Crippen molar-refractivity contribution in [2.75, 3.05) is 7.05 Å². The molecule has 0 aliphatic carbocycles. The zero-order valence-electron chi connectivity index (χ0n) is 13.7. The summed E-state index contributed by atoms with van der Waals surface area (Å²) in [7, 11) is 1.09. The molecule has 1 aromatic heterocycles. The van der Waals surface area contributed by atoms with Gasteiger partial charge in [0.1, 0.15) is 11.9 Å². The maximum atomic E-state index is 12.8. The first-order valence-electron chi connectivity index (χ1n) is 7.12. The van der Waals surface area contributed by atoms with Crippen LogP contribution in [0.15, 0.2) is 42.7 Å². The quantitative estimate of drug-likeness (QED) is 0.537. The van der Waals surface area contributed by atoms with Crippen molar-refractivity contribution >= 4 is 12.8 Å². The Balaban J connectivity index is 0.000000530. The molecule has 25 heavy (non-hydrogen) atoms. The Kier molecular flexibility index (Phi) is 10.2. The van der Waals surface area contributed by atoms with E-state index in [0.717, 1.165) is 13.1 Å². The number of aromatic nitrogens is 1. The molecule has 2 aromatic rings. The van der Waals surface area contributed by atoms with Crippen molar-refractivity contribution < 1.29 is 26.3 Å². The third-order valence-corrected chi connectivity index (χ3v) is 2.80. The molecule has 1 heterocycles. The molecule has 9 heteroatoms. The predicted molar refractivity (Wildman–Crippen MR) is 87.4 cm³/mol. The number of hydrogen-bond donors (Lipinski definition) is 1. The van der Waals surface area contributed by atoms with E-state index in [1.165, 1.54) is 18.5 Å². The van der Waals surface area contributed by atoms with Crippen LogP contribution in [0.3, 0.4) is 0 Å². The van der Waals surface area contributed by atoms with Crippen LogP contribution < -0.4 is 0 Å². The lowest BCUT2D eigenvalue weighted by atomic mass is 10.1. The van der Waals surface area contributed by atoms with Crippen molar-refractivity contribution in [3.63, 3.8) is 0 Å². The molecule has 1 atom stereocenters. The number of hydrogen-bond acceptors (Lipinski definition) is 3. The second kappa shape index (κ2) is 11.0. The zero-order valence-corrected chi connectivity index (χ0v) is 14.6. The van der Waals surface area contributed by atoms with E-state index in [4.69, 9.17) is 0 Å². The molecule has 0 amide bonds. The van der Waals surface area contributed by atoms with Crippen molar-refractivity contribution in [3.8, 4) is 0 Å². The lowest BCUT2D eigenvalue weighted by Crippen LogP contribution is -2.30. The van der Waals surface area contributed by atoms with Crippen LogP contribution in [0, 0.1) is 17.5 Å². The van der Waals surface area contributed by atoms with Crippen molar-refractivity contribution in [2.24, 2.45) is 0 Å². The van der Waals surface area contributed by atoms with Gasteiger partial charge in [0.2, 0.25) is 0 Å². The normalized spacial score (nSPS) is 11.8. The van der Waals surface area contributed by atoms with Crippen molar-refractivity contribution in [3.05, 3.63) is 65.7 Å². The minimum atomic E-state index is -4.61. The molecule has 2 nitrogen and oxygen atoms in total. The fourth-order valence-electron chi connectivity index (χ4n) is 1.64. The van der Waals surface area contributed by atoms with E-state index < -0.39 is 29.4 Å². The van der Waals surface area contributed by atoms with Crippen molar-refractivity contribution in [2.45, 2.75) is 26.1 Å². The zero-order chi connectivity index (χ0) is 19.6. The molecule has 1 unspecified atom stereocenters. The number of alkyl halides is 3. The van der Waals surface area contributed by atoms with Crippen LogP contribution in [0.4, 0.5) is 26.3 Å². The molecular formula is C16H18F6N2S. The minimum Gasteiger partial charge on any atom is -0.262 e. The first kappa shape index (κ1) is 23.3. The molecule has 0 aliphatic rings. The van der Waals surface area contributed by atoms with Gasteiger partial charge in [-0.1, -0.05) is 32.7 Å². The Labute approximate surface area is 148 Å². The van der Waals surface area contributed by atoms with E-state index in [2.05, 4.69) is 17.8 Å². The molecule has 0 bridgehead atoms. The lowest BCUT2D eigenvalue weighted by Gasteiger charge is -2.25. The van der Waals surface area contributed by atoms with E-state index in [-0.39, 0.29) is 5.82 Å². The smallest absolute Gasteiger partial charge is 0.262 e. The summed E-state index contributed by atoms with van der Waals surface area (Å²) < 4.78 is 75.6. The lowest BCUT2D eigenvalue weighted by molar-refractivity contribution is -0.169. The molecule has 0 spiro atoms. The summed E-state index contributed by atoms with van der Waals surface area (Å²) in [6.07, 6.45) is -1.91. The highest BCUT2D eigenvalue weighted by atomic mass is 32.1. The predicted octanol–water partition coefficient (Wildman–Crippen LogP) is 5.59. The Morgan fingerprint density at radius 1 is 1.04 bits per heavy atom. The van der Waals surface area contributed by atoms with Gasteiger partial charge in [-0.05, 0) is 36.9 Å². The molecule has 0 saturated heterocycles. The Morgan fingerprint density at radius 3 is 1.96 bits per heavy atom. The monoisotopic (exact) mass is 384 g/mol. The highest BCUT2D eigenvalue weighted by Gasteiger charge is 2.43. The molecule has 0 fully saturated rings. The Hall–Kier alpha value is -1.74. The van der Waals surface area contributed by atoms with Gasteiger partial charge in [-0.25, -0.2) is 17.5 Å². The summed E-state index contributed by atoms with van der Waals surface area (Å²) in [5.41, 5.74) is -0.399. The maximum Gasteiger partial charge on any atom is 0.408 e. The summed E-state index contributed by atoms with van der Waals surface area (Å²) in [4.78, 5) is 3.51. The van der Waals surface area contributed by atoms with Gasteiger partial charge in [0.15, 0.2) is 11.6 Å². The molecule has 0 saturated carbocycles. The number of rotatable bonds is 2. The second-order valence-corrected chi connectivity index (χ2v) is 4.99. The summed E-state index contributed by atoms with van der Waals surface area (Å²) in [5, 5.41) is 0. The van der Waals surface area contributed by atoms with E-state index in [1.54, 1.807) is 6.07 Å². The van der Waals surface area contributed by atoms with Crippen LogP contribution in [-0.4, -0.2) is 22.5 Å². The van der Waals surface area contributed by atoms with Crippen LogP contribution in [0.2, 0.25) is 0 Å². The van der Waals surface area contributed by atoms with Gasteiger partial charge in [0.25, 0.3) is 0 Å². The fraction of sp³-hybridized carbons (Fsp3) is 0.312. The van der Waals surface area contributed by atoms with Gasteiger partial charge in [0.05, 0.1) is 6.20 Å². The van der Waals surface area contributed by atoms with Gasteiger partial charge in [0, 0.05) is 6.20 Å². The first-order chi connectivity index (χ1) is 11.6. The summed E-state index contributed by atoms with van der Waals surface area (Å²) in [6.45, 7) is 4.00. The number of halogens is 6. The molecular weight excluding hydrogens is 366 g/mol. The van der Waals surface area contributed by atoms with Gasteiger partial charge < -0.3 is 0 Å². The average molecular weight is 384 g/mol. The topological polar surface area (TPSA) is 16.1 Å². The van der Waals surface area contributed by atoms with E-state index in [9.17, 15) is 26.3 Å². The van der Waals surface area contributed by atoms with Crippen LogP contribution in [-0.2, 0) is 0 Å². The summed E-state index contributed by atoms with van der Waals surface area (Å²) in [6, 6.07) is 2.87. The molecule has 0 radical (unpaired) electrons. The van der Waals surface area contributed by atoms with Crippen LogP contribution >= 0.6 is 12.8 Å². The third-order valence-electron chi connectivity index (χ3n) is 2.57. The molecule has 0 N–H and O–H groups in total. The summed E-state index contributed by atoms with van der Waals surface area (Å²) in [5.74, 6) is -2.80. The maximum absolute atomic E-state index is 12.8. The minimum absolute atomic E-state index is 0.289. The Morgan fingerprint density at radius 2 is 1.64 bits per heavy atom. The van der Waals surface area contributed by atoms with E-state index in [0.29, 0.717) is 16.4 Å². The van der Waals surface area contributed by atoms with E-state index >= 15 is 0 Å². The number of benzene rings is 1. The van der Waals surface area contributed by atoms with Crippen molar-refractivity contribution in [1.82, 2.24) is 9.29 Å². The number of thiol groups is 1. The SMILES string of the molecule is CC.CN(S)C(c1ccc(F)c(F)c1)C(F)(F)F.Fc1cccnc1. The van der Waals surface area contributed by atoms with Crippen molar-refractivity contribution in [1.29, 1.82) is 0 Å². The number of nitrogens with zero attached hydrogens (tertiary/aromatic N) is 2.